The summed E-state index contributed by atoms with van der Waals surface area (Å²) in [4.78, 5) is 14.1. The number of nitrogen functional groups attached to an aromatic ring is 1. The number of hydrogen-bond donors (Lipinski definition) is 2. The van der Waals surface area contributed by atoms with Gasteiger partial charge in [0.2, 0.25) is 0 Å². The molecule has 2 aromatic heterocycles. The number of hydrogen-bond acceptors (Lipinski definition) is 6. The molecule has 0 amide bonds. The maximum atomic E-state index is 12.8. The monoisotopic (exact) mass is 415 g/mol. The van der Waals surface area contributed by atoms with Gasteiger partial charge in [0.25, 0.3) is 0 Å². The number of nitrogens with two attached hydrogens (primary N) is 1. The predicted octanol–water partition coefficient (Wildman–Crippen LogP) is 5.71. The number of benzene rings is 2. The van der Waals surface area contributed by atoms with E-state index in [9.17, 15) is 13.2 Å². The predicted molar refractivity (Wildman–Crippen MR) is 109 cm³/mol. The van der Waals surface area contributed by atoms with Crippen molar-refractivity contribution in [2.24, 2.45) is 0 Å². The van der Waals surface area contributed by atoms with Crippen molar-refractivity contribution in [2.45, 2.75) is 20.0 Å². The van der Waals surface area contributed by atoms with Crippen LogP contribution in [0.3, 0.4) is 0 Å². The molecule has 0 spiro atoms. The lowest BCUT2D eigenvalue weighted by Gasteiger charge is -2.12. The topological polar surface area (TPSA) is 76.7 Å². The minimum atomic E-state index is -4.39. The number of aryl methyl sites for hydroxylation is 2. The van der Waals surface area contributed by atoms with E-state index >= 15 is 0 Å². The summed E-state index contributed by atoms with van der Waals surface area (Å²) in [6.45, 7) is 3.94. The van der Waals surface area contributed by atoms with Gasteiger partial charge in [-0.1, -0.05) is 29.5 Å². The van der Waals surface area contributed by atoms with Crippen LogP contribution in [0.2, 0.25) is 0 Å². The second-order valence-corrected chi connectivity index (χ2v) is 7.58. The summed E-state index contributed by atoms with van der Waals surface area (Å²) < 4.78 is 38.4. The molecule has 0 aliphatic heterocycles. The van der Waals surface area contributed by atoms with Gasteiger partial charge in [-0.2, -0.15) is 13.2 Å². The van der Waals surface area contributed by atoms with Crippen LogP contribution in [0, 0.1) is 13.8 Å². The number of alkyl halides is 3. The standard InChI is InChI=1S/C20H16F3N5S/c1-10-4-3-5-11(2)14(10)16-27-17(15-18(28-16)29-19(24)26-15)25-13-8-6-12(7-9-13)20(21,22)23/h3-9H,1-2H3,(H2,24,26)(H,25,27,28). The first kappa shape index (κ1) is 19.1. The smallest absolute Gasteiger partial charge is 0.375 e. The van der Waals surface area contributed by atoms with Crippen molar-refractivity contribution in [3.8, 4) is 11.4 Å². The molecule has 29 heavy (non-hydrogen) atoms. The van der Waals surface area contributed by atoms with Crippen molar-refractivity contribution in [3.63, 3.8) is 0 Å². The number of fused-ring (bicyclic) bond motifs is 1. The lowest BCUT2D eigenvalue weighted by Crippen LogP contribution is -2.05. The molecule has 0 saturated carbocycles. The molecule has 9 heteroatoms. The SMILES string of the molecule is Cc1cccc(C)c1-c1nc(Nc2ccc(C(F)(F)F)cc2)c2nc(N)sc2n1. The average molecular weight is 415 g/mol. The fraction of sp³-hybridized carbons (Fsp3) is 0.150. The summed E-state index contributed by atoms with van der Waals surface area (Å²) in [7, 11) is 0. The number of thiazole rings is 1. The van der Waals surface area contributed by atoms with Crippen LogP contribution in [0.4, 0.5) is 29.8 Å². The number of nitrogens with zero attached hydrogens (tertiary/aromatic N) is 3. The summed E-state index contributed by atoms with van der Waals surface area (Å²) in [5.74, 6) is 0.895. The third-order valence-corrected chi connectivity index (χ3v) is 5.23. The molecule has 0 radical (unpaired) electrons. The van der Waals surface area contributed by atoms with Gasteiger partial charge in [0, 0.05) is 11.3 Å². The van der Waals surface area contributed by atoms with Crippen molar-refractivity contribution < 1.29 is 13.2 Å². The summed E-state index contributed by atoms with van der Waals surface area (Å²) in [6, 6.07) is 10.6. The zero-order valence-electron chi connectivity index (χ0n) is 15.5. The molecule has 0 fully saturated rings. The Kier molecular flexibility index (Phi) is 4.62. The summed E-state index contributed by atoms with van der Waals surface area (Å²) in [5.41, 5.74) is 9.00. The zero-order valence-corrected chi connectivity index (χ0v) is 16.3. The Hall–Kier alpha value is -3.20. The van der Waals surface area contributed by atoms with Gasteiger partial charge in [-0.25, -0.2) is 15.0 Å². The first-order valence-corrected chi connectivity index (χ1v) is 9.49. The van der Waals surface area contributed by atoms with E-state index in [0.29, 0.717) is 32.8 Å². The first-order valence-electron chi connectivity index (χ1n) is 8.67. The van der Waals surface area contributed by atoms with Crippen LogP contribution in [-0.2, 0) is 6.18 Å². The van der Waals surface area contributed by atoms with Gasteiger partial charge in [-0.3, -0.25) is 0 Å². The molecule has 2 heterocycles. The van der Waals surface area contributed by atoms with Gasteiger partial charge in [0.1, 0.15) is 5.52 Å². The summed E-state index contributed by atoms with van der Waals surface area (Å²) in [6.07, 6.45) is -4.39. The van der Waals surface area contributed by atoms with Crippen molar-refractivity contribution >= 4 is 38.3 Å². The lowest BCUT2D eigenvalue weighted by molar-refractivity contribution is -0.137. The van der Waals surface area contributed by atoms with E-state index in [1.54, 1.807) is 0 Å². The highest BCUT2D eigenvalue weighted by Crippen LogP contribution is 2.34. The largest absolute Gasteiger partial charge is 0.416 e. The molecule has 2 aromatic carbocycles. The van der Waals surface area contributed by atoms with E-state index < -0.39 is 11.7 Å². The Labute approximate surface area is 168 Å². The molecule has 4 rings (SSSR count). The zero-order chi connectivity index (χ0) is 20.8. The van der Waals surface area contributed by atoms with E-state index in [2.05, 4.69) is 20.3 Å². The second-order valence-electron chi connectivity index (χ2n) is 6.57. The van der Waals surface area contributed by atoms with Crippen LogP contribution in [0.1, 0.15) is 16.7 Å². The summed E-state index contributed by atoms with van der Waals surface area (Å²) >= 11 is 1.23. The summed E-state index contributed by atoms with van der Waals surface area (Å²) in [5, 5.41) is 3.39. The number of nitrogens with one attached hydrogen (secondary N) is 1. The molecule has 5 nitrogen and oxygen atoms in total. The Morgan fingerprint density at radius 3 is 2.21 bits per heavy atom. The van der Waals surface area contributed by atoms with E-state index in [0.717, 1.165) is 28.8 Å². The number of anilines is 3. The Balaban J connectivity index is 1.81. The number of aromatic nitrogens is 3. The van der Waals surface area contributed by atoms with Gasteiger partial charge in [0.05, 0.1) is 5.56 Å². The third-order valence-electron chi connectivity index (χ3n) is 4.45. The van der Waals surface area contributed by atoms with Gasteiger partial charge in [0.15, 0.2) is 21.6 Å². The third kappa shape index (κ3) is 3.73. The van der Waals surface area contributed by atoms with Crippen LogP contribution in [-0.4, -0.2) is 15.0 Å². The normalized spacial score (nSPS) is 11.8. The second kappa shape index (κ2) is 7.00. The first-order chi connectivity index (χ1) is 13.7. The maximum absolute atomic E-state index is 12.8. The Morgan fingerprint density at radius 2 is 1.59 bits per heavy atom. The minimum Gasteiger partial charge on any atom is -0.375 e. The highest BCUT2D eigenvalue weighted by atomic mass is 32.1. The molecule has 0 aliphatic rings. The van der Waals surface area contributed by atoms with Crippen molar-refractivity contribution in [3.05, 3.63) is 59.2 Å². The molecule has 0 bridgehead atoms. The lowest BCUT2D eigenvalue weighted by atomic mass is 10.0. The molecular weight excluding hydrogens is 399 g/mol. The molecule has 3 N–H and O–H groups in total. The quantitative estimate of drug-likeness (QED) is 0.448. The van der Waals surface area contributed by atoms with E-state index in [-0.39, 0.29) is 0 Å². The van der Waals surface area contributed by atoms with Gasteiger partial charge in [-0.15, -0.1) is 0 Å². The van der Waals surface area contributed by atoms with Gasteiger partial charge >= 0.3 is 6.18 Å². The highest BCUT2D eigenvalue weighted by Gasteiger charge is 2.30. The Bertz CT molecular complexity index is 1180. The Morgan fingerprint density at radius 1 is 0.931 bits per heavy atom. The molecular formula is C20H16F3N5S. The van der Waals surface area contributed by atoms with Crippen LogP contribution in [0.15, 0.2) is 42.5 Å². The van der Waals surface area contributed by atoms with Crippen LogP contribution in [0.25, 0.3) is 21.7 Å². The van der Waals surface area contributed by atoms with Gasteiger partial charge in [-0.05, 0) is 49.2 Å². The van der Waals surface area contributed by atoms with Crippen LogP contribution < -0.4 is 11.1 Å². The maximum Gasteiger partial charge on any atom is 0.416 e. The number of halogens is 3. The van der Waals surface area contributed by atoms with Crippen molar-refractivity contribution in [2.75, 3.05) is 11.1 Å². The number of rotatable bonds is 3. The van der Waals surface area contributed by atoms with E-state index in [4.69, 9.17) is 5.73 Å². The molecule has 0 unspecified atom stereocenters. The highest BCUT2D eigenvalue weighted by molar-refractivity contribution is 7.21. The fourth-order valence-electron chi connectivity index (χ4n) is 3.08. The molecule has 0 aliphatic carbocycles. The van der Waals surface area contributed by atoms with Crippen molar-refractivity contribution in [1.82, 2.24) is 15.0 Å². The average Bonchev–Trinajstić information content (AvgIpc) is 3.02. The molecule has 148 valence electrons. The molecule has 0 atom stereocenters. The van der Waals surface area contributed by atoms with Gasteiger partial charge < -0.3 is 11.1 Å². The van der Waals surface area contributed by atoms with Crippen molar-refractivity contribution in [1.29, 1.82) is 0 Å². The van der Waals surface area contributed by atoms with E-state index in [1.165, 1.54) is 23.5 Å². The van der Waals surface area contributed by atoms with Crippen LogP contribution in [0.5, 0.6) is 0 Å². The van der Waals surface area contributed by atoms with Crippen LogP contribution >= 0.6 is 11.3 Å². The molecule has 0 saturated heterocycles. The van der Waals surface area contributed by atoms with E-state index in [1.807, 2.05) is 32.0 Å². The fourth-order valence-corrected chi connectivity index (χ4v) is 3.79. The molecule has 4 aromatic rings. The minimum absolute atomic E-state index is 0.337.